The van der Waals surface area contributed by atoms with E-state index in [1.165, 1.54) is 42.6 Å². The van der Waals surface area contributed by atoms with Gasteiger partial charge in [0.1, 0.15) is 11.3 Å². The van der Waals surface area contributed by atoms with E-state index < -0.39 is 33.3 Å². The third-order valence-electron chi connectivity index (χ3n) is 5.08. The molecular formula is C22H17ClF2N2O5S. The topological polar surface area (TPSA) is 90.7 Å². The van der Waals surface area contributed by atoms with Gasteiger partial charge in [0.05, 0.1) is 42.1 Å². The largest absolute Gasteiger partial charge is 0.494 e. The summed E-state index contributed by atoms with van der Waals surface area (Å²) in [6.07, 6.45) is -0.855. The van der Waals surface area contributed by atoms with Crippen LogP contribution >= 0.6 is 11.6 Å². The van der Waals surface area contributed by atoms with Crippen LogP contribution in [0.4, 0.5) is 8.78 Å². The number of rotatable bonds is 6. The van der Waals surface area contributed by atoms with Crippen LogP contribution in [0.1, 0.15) is 17.4 Å². The quantitative estimate of drug-likeness (QED) is 0.402. The van der Waals surface area contributed by atoms with Crippen LogP contribution < -0.4 is 9.47 Å². The van der Waals surface area contributed by atoms with Gasteiger partial charge in [0.25, 0.3) is 10.0 Å². The Morgan fingerprint density at radius 2 is 1.64 bits per heavy atom. The number of pyridine rings is 1. The molecule has 7 nitrogen and oxygen atoms in total. The normalized spacial score (nSPS) is 12.7. The lowest BCUT2D eigenvalue weighted by Crippen LogP contribution is -2.19. The van der Waals surface area contributed by atoms with Crippen molar-refractivity contribution in [2.45, 2.75) is 11.0 Å². The Morgan fingerprint density at radius 1 is 1.03 bits per heavy atom. The predicted molar refractivity (Wildman–Crippen MR) is 117 cm³/mol. The second kappa shape index (κ2) is 8.62. The van der Waals surface area contributed by atoms with E-state index in [0.717, 1.165) is 24.3 Å². The minimum absolute atomic E-state index is 0.0629. The molecule has 4 aromatic rings. The van der Waals surface area contributed by atoms with Crippen LogP contribution in [0.15, 0.2) is 59.6 Å². The van der Waals surface area contributed by atoms with Gasteiger partial charge in [0.15, 0.2) is 23.1 Å². The molecule has 2 heterocycles. The lowest BCUT2D eigenvalue weighted by atomic mass is 10.0. The van der Waals surface area contributed by atoms with E-state index in [9.17, 15) is 13.5 Å². The van der Waals surface area contributed by atoms with Crippen molar-refractivity contribution in [1.82, 2.24) is 8.96 Å². The van der Waals surface area contributed by atoms with Gasteiger partial charge in [-0.1, -0.05) is 29.8 Å². The summed E-state index contributed by atoms with van der Waals surface area (Å²) < 4.78 is 67.8. The van der Waals surface area contributed by atoms with Crippen molar-refractivity contribution in [3.05, 3.63) is 82.8 Å². The predicted octanol–water partition coefficient (Wildman–Crippen LogP) is 4.30. The van der Waals surface area contributed by atoms with Crippen LogP contribution in [0, 0.1) is 11.6 Å². The number of aromatic nitrogens is 2. The minimum Gasteiger partial charge on any atom is -0.494 e. The number of benzene rings is 2. The van der Waals surface area contributed by atoms with Gasteiger partial charge in [-0.15, -0.1) is 0 Å². The van der Waals surface area contributed by atoms with Crippen molar-refractivity contribution < 1.29 is 31.8 Å². The van der Waals surface area contributed by atoms with Crippen molar-refractivity contribution >= 4 is 32.5 Å². The molecule has 0 aliphatic rings. The maximum absolute atomic E-state index is 15.1. The Bertz CT molecular complexity index is 1430. The molecule has 0 bridgehead atoms. The van der Waals surface area contributed by atoms with E-state index in [0.29, 0.717) is 5.39 Å². The molecule has 33 heavy (non-hydrogen) atoms. The average molecular weight is 495 g/mol. The summed E-state index contributed by atoms with van der Waals surface area (Å²) in [6.45, 7) is 0. The molecule has 172 valence electrons. The molecule has 0 amide bonds. The molecule has 4 rings (SSSR count). The highest BCUT2D eigenvalue weighted by molar-refractivity contribution is 7.90. The number of halogens is 3. The van der Waals surface area contributed by atoms with Crippen molar-refractivity contribution in [3.8, 4) is 11.5 Å². The number of aliphatic hydroxyl groups is 1. The molecule has 0 aliphatic heterocycles. The molecule has 0 radical (unpaired) electrons. The Hall–Kier alpha value is -3.21. The van der Waals surface area contributed by atoms with Crippen LogP contribution in [0.3, 0.4) is 0 Å². The van der Waals surface area contributed by atoms with Gasteiger partial charge in [-0.2, -0.15) is 0 Å². The van der Waals surface area contributed by atoms with E-state index in [-0.39, 0.29) is 32.8 Å². The molecule has 2 aromatic heterocycles. The number of methoxy groups -OCH3 is 2. The number of hydrogen-bond donors (Lipinski definition) is 1. The monoisotopic (exact) mass is 494 g/mol. The molecule has 1 N–H and O–H groups in total. The highest BCUT2D eigenvalue weighted by Crippen LogP contribution is 2.39. The molecule has 0 aliphatic carbocycles. The van der Waals surface area contributed by atoms with Crippen LogP contribution in [0.2, 0.25) is 5.15 Å². The van der Waals surface area contributed by atoms with Crippen molar-refractivity contribution in [2.24, 2.45) is 0 Å². The number of ether oxygens (including phenoxy) is 2. The first-order valence-electron chi connectivity index (χ1n) is 9.46. The minimum atomic E-state index is -4.31. The molecule has 1 unspecified atom stereocenters. The summed E-state index contributed by atoms with van der Waals surface area (Å²) in [6, 6.07) is 11.0. The molecule has 11 heteroatoms. The van der Waals surface area contributed by atoms with Gasteiger partial charge >= 0.3 is 0 Å². The zero-order valence-electron chi connectivity index (χ0n) is 17.3. The van der Waals surface area contributed by atoms with Gasteiger partial charge in [0, 0.05) is 11.5 Å². The SMILES string of the molecule is COc1cc(OC)c(F)c(C(O)c2cc3cc(Cl)ncc3n2S(=O)(=O)c2ccccc2)c1F. The number of nitrogens with zero attached hydrogens (tertiary/aromatic N) is 2. The first-order chi connectivity index (χ1) is 15.7. The van der Waals surface area contributed by atoms with Gasteiger partial charge in [-0.05, 0) is 24.3 Å². The number of aliphatic hydroxyl groups excluding tert-OH is 1. The van der Waals surface area contributed by atoms with Crippen LogP contribution in [0.25, 0.3) is 10.9 Å². The summed E-state index contributed by atoms with van der Waals surface area (Å²) in [7, 11) is -1.98. The van der Waals surface area contributed by atoms with Gasteiger partial charge in [-0.25, -0.2) is 26.2 Å². The zero-order chi connectivity index (χ0) is 23.9. The fourth-order valence-electron chi connectivity index (χ4n) is 3.53. The second-order valence-corrected chi connectivity index (χ2v) is 9.12. The van der Waals surface area contributed by atoms with Crippen molar-refractivity contribution in [2.75, 3.05) is 14.2 Å². The van der Waals surface area contributed by atoms with Crippen LogP contribution in [-0.2, 0) is 10.0 Å². The Balaban J connectivity index is 2.05. The average Bonchev–Trinajstić information content (AvgIpc) is 3.19. The summed E-state index contributed by atoms with van der Waals surface area (Å²) in [5, 5.41) is 11.5. The molecular weight excluding hydrogens is 478 g/mol. The lowest BCUT2D eigenvalue weighted by molar-refractivity contribution is 0.200. The Kier molecular flexibility index (Phi) is 6.00. The van der Waals surface area contributed by atoms with Gasteiger partial charge in [0.2, 0.25) is 0 Å². The summed E-state index contributed by atoms with van der Waals surface area (Å²) in [4.78, 5) is 3.82. The maximum Gasteiger partial charge on any atom is 0.268 e. The fourth-order valence-corrected chi connectivity index (χ4v) is 5.25. The fraction of sp³-hybridized carbons (Fsp3) is 0.136. The van der Waals surface area contributed by atoms with Crippen LogP contribution in [-0.4, -0.2) is 36.7 Å². The first-order valence-corrected chi connectivity index (χ1v) is 11.3. The van der Waals surface area contributed by atoms with E-state index in [1.807, 2.05) is 0 Å². The third kappa shape index (κ3) is 3.79. The van der Waals surface area contributed by atoms with Gasteiger partial charge in [-0.3, -0.25) is 0 Å². The van der Waals surface area contributed by atoms with E-state index >= 15 is 8.78 Å². The Labute approximate surface area is 192 Å². The third-order valence-corrected chi connectivity index (χ3v) is 7.04. The highest BCUT2D eigenvalue weighted by Gasteiger charge is 2.32. The lowest BCUT2D eigenvalue weighted by Gasteiger charge is -2.19. The standard InChI is InChI=1S/C22H17ClF2N2O5S/c1-31-16-10-17(32-2)21(25)19(20(16)24)22(28)14-8-12-9-18(23)26-11-15(12)27(14)33(29,30)13-6-4-3-5-7-13/h3-11,22,28H,1-2H3. The summed E-state index contributed by atoms with van der Waals surface area (Å²) >= 11 is 5.95. The molecule has 1 atom stereocenters. The molecule has 0 saturated carbocycles. The number of fused-ring (bicyclic) bond motifs is 1. The molecule has 0 fully saturated rings. The molecule has 2 aromatic carbocycles. The van der Waals surface area contributed by atoms with E-state index in [2.05, 4.69) is 4.98 Å². The summed E-state index contributed by atoms with van der Waals surface area (Å²) in [5.74, 6) is -3.18. The van der Waals surface area contributed by atoms with E-state index in [4.69, 9.17) is 21.1 Å². The highest BCUT2D eigenvalue weighted by atomic mass is 35.5. The van der Waals surface area contributed by atoms with Crippen molar-refractivity contribution in [1.29, 1.82) is 0 Å². The summed E-state index contributed by atoms with van der Waals surface area (Å²) in [5.41, 5.74) is -1.10. The zero-order valence-corrected chi connectivity index (χ0v) is 18.9. The molecule has 0 saturated heterocycles. The van der Waals surface area contributed by atoms with Crippen molar-refractivity contribution in [3.63, 3.8) is 0 Å². The smallest absolute Gasteiger partial charge is 0.268 e. The maximum atomic E-state index is 15.1. The van der Waals surface area contributed by atoms with Gasteiger partial charge < -0.3 is 14.6 Å². The Morgan fingerprint density at radius 3 is 2.21 bits per heavy atom. The van der Waals surface area contributed by atoms with Crippen LogP contribution in [0.5, 0.6) is 11.5 Å². The number of hydrogen-bond acceptors (Lipinski definition) is 6. The molecule has 0 spiro atoms. The second-order valence-electron chi connectivity index (χ2n) is 6.94. The first kappa shape index (κ1) is 23.0. The van der Waals surface area contributed by atoms with E-state index in [1.54, 1.807) is 6.07 Å².